The van der Waals surface area contributed by atoms with Gasteiger partial charge in [0.1, 0.15) is 0 Å². The third-order valence-electron chi connectivity index (χ3n) is 5.39. The van der Waals surface area contributed by atoms with Crippen molar-refractivity contribution in [2.45, 2.75) is 52.0 Å². The van der Waals surface area contributed by atoms with Gasteiger partial charge >= 0.3 is 0 Å². The minimum atomic E-state index is -0.183. The van der Waals surface area contributed by atoms with Gasteiger partial charge in [0, 0.05) is 29.3 Å². The van der Waals surface area contributed by atoms with Crippen molar-refractivity contribution in [1.82, 2.24) is 15.1 Å². The van der Waals surface area contributed by atoms with Crippen molar-refractivity contribution in [2.24, 2.45) is 11.8 Å². The first kappa shape index (κ1) is 17.9. The zero-order valence-corrected chi connectivity index (χ0v) is 15.4. The van der Waals surface area contributed by atoms with E-state index in [1.165, 1.54) is 11.1 Å². The van der Waals surface area contributed by atoms with Gasteiger partial charge in [0.2, 0.25) is 11.8 Å². The quantitative estimate of drug-likeness (QED) is 0.893. The van der Waals surface area contributed by atoms with Crippen molar-refractivity contribution in [3.63, 3.8) is 0 Å². The van der Waals surface area contributed by atoms with Gasteiger partial charge in [-0.3, -0.25) is 9.59 Å². The molecule has 134 valence electrons. The fourth-order valence-electron chi connectivity index (χ4n) is 3.59. The van der Waals surface area contributed by atoms with E-state index in [2.05, 4.69) is 24.3 Å². The minimum Gasteiger partial charge on any atom is -0.353 e. The lowest BCUT2D eigenvalue weighted by Crippen LogP contribution is -2.43. The Labute approximate surface area is 152 Å². The zero-order chi connectivity index (χ0) is 18.0. The highest BCUT2D eigenvalue weighted by Gasteiger charge is 2.28. The molecule has 0 bridgehead atoms. The second-order valence-corrected chi connectivity index (χ2v) is 7.53. The molecule has 6 heteroatoms. The Morgan fingerprint density at radius 3 is 2.88 bits per heavy atom. The third kappa shape index (κ3) is 4.03. The van der Waals surface area contributed by atoms with E-state index in [4.69, 9.17) is 11.6 Å². The number of amides is 1. The van der Waals surface area contributed by atoms with Crippen LogP contribution in [0.2, 0.25) is 5.02 Å². The summed E-state index contributed by atoms with van der Waals surface area (Å²) in [6, 6.07) is 5.49. The van der Waals surface area contributed by atoms with Crippen LogP contribution in [0, 0.1) is 11.8 Å². The molecule has 5 nitrogen and oxygen atoms in total. The van der Waals surface area contributed by atoms with E-state index in [1.807, 2.05) is 0 Å². The molecule has 1 aliphatic rings. The predicted molar refractivity (Wildman–Crippen MR) is 98.7 cm³/mol. The lowest BCUT2D eigenvalue weighted by atomic mass is 9.78. The Balaban J connectivity index is 1.57. The Bertz CT molecular complexity index is 786. The predicted octanol–water partition coefficient (Wildman–Crippen LogP) is 4.05. The number of fused-ring (bicyclic) bond motifs is 1. The third-order valence-corrected chi connectivity index (χ3v) is 5.62. The lowest BCUT2D eigenvalue weighted by Gasteiger charge is -2.34. The number of rotatable bonds is 4. The average Bonchev–Trinajstić information content (AvgIpc) is 3.00. The maximum atomic E-state index is 12.4. The van der Waals surface area contributed by atoms with Gasteiger partial charge in [-0.2, -0.15) is 5.10 Å². The number of carbonyl (C=O) groups excluding carboxylic acids is 2. The van der Waals surface area contributed by atoms with Gasteiger partial charge in [0.25, 0.3) is 0 Å². The molecule has 1 aliphatic carbocycles. The average molecular weight is 362 g/mol. The summed E-state index contributed by atoms with van der Waals surface area (Å²) in [7, 11) is 0. The van der Waals surface area contributed by atoms with Crippen LogP contribution in [0.3, 0.4) is 0 Å². The summed E-state index contributed by atoms with van der Waals surface area (Å²) in [4.78, 5) is 24.6. The van der Waals surface area contributed by atoms with Gasteiger partial charge in [-0.05, 0) is 36.5 Å². The molecule has 3 atom stereocenters. The van der Waals surface area contributed by atoms with Crippen LogP contribution >= 0.6 is 11.6 Å². The number of halogens is 1. The summed E-state index contributed by atoms with van der Waals surface area (Å²) in [5.41, 5.74) is 0.713. The second kappa shape index (κ2) is 7.56. The highest BCUT2D eigenvalue weighted by atomic mass is 35.5. The summed E-state index contributed by atoms with van der Waals surface area (Å²) in [5.74, 6) is 0.868. The van der Waals surface area contributed by atoms with Crippen molar-refractivity contribution in [2.75, 3.05) is 0 Å². The Kier molecular flexibility index (Phi) is 5.42. The number of aromatic nitrogens is 2. The monoisotopic (exact) mass is 361 g/mol. The summed E-state index contributed by atoms with van der Waals surface area (Å²) in [6.07, 6.45) is 5.34. The molecule has 3 rings (SSSR count). The van der Waals surface area contributed by atoms with Crippen molar-refractivity contribution >= 4 is 34.3 Å². The van der Waals surface area contributed by atoms with Crippen LogP contribution in [0.25, 0.3) is 10.9 Å². The molecule has 0 saturated heterocycles. The van der Waals surface area contributed by atoms with Crippen LogP contribution in [-0.2, 0) is 4.79 Å². The maximum Gasteiger partial charge on any atom is 0.247 e. The standard InChI is InChI=1S/C19H24ClN3O2/c1-12-4-3-5-16(13(12)2)22-18(24)8-9-19(25)23-17-7-6-15(20)10-14(17)11-21-23/h6-7,10-13,16H,3-5,8-9H2,1-2H3,(H,22,24)/t12-,13+,16+/m1/s1. The highest BCUT2D eigenvalue weighted by molar-refractivity contribution is 6.31. The normalized spacial score (nSPS) is 23.6. The van der Waals surface area contributed by atoms with Crippen LogP contribution in [-0.4, -0.2) is 27.6 Å². The molecule has 1 saturated carbocycles. The van der Waals surface area contributed by atoms with Gasteiger partial charge in [-0.1, -0.05) is 38.3 Å². The van der Waals surface area contributed by atoms with Crippen LogP contribution in [0.1, 0.15) is 50.7 Å². The van der Waals surface area contributed by atoms with Crippen LogP contribution in [0.4, 0.5) is 0 Å². The fourth-order valence-corrected chi connectivity index (χ4v) is 3.77. The van der Waals surface area contributed by atoms with Crippen LogP contribution in [0.5, 0.6) is 0 Å². The molecule has 1 amide bonds. The topological polar surface area (TPSA) is 64.0 Å². The van der Waals surface area contributed by atoms with Gasteiger partial charge < -0.3 is 5.32 Å². The number of carbonyl (C=O) groups is 2. The smallest absolute Gasteiger partial charge is 0.247 e. The van der Waals surface area contributed by atoms with E-state index in [0.29, 0.717) is 22.4 Å². The molecular formula is C19H24ClN3O2. The number of benzene rings is 1. The second-order valence-electron chi connectivity index (χ2n) is 7.09. The fraction of sp³-hybridized carbons (Fsp3) is 0.526. The van der Waals surface area contributed by atoms with Crippen molar-refractivity contribution < 1.29 is 9.59 Å². The first-order valence-electron chi connectivity index (χ1n) is 8.91. The Morgan fingerprint density at radius 2 is 2.08 bits per heavy atom. The number of nitrogens with zero attached hydrogens (tertiary/aromatic N) is 2. The molecule has 0 spiro atoms. The molecule has 0 unspecified atom stereocenters. The largest absolute Gasteiger partial charge is 0.353 e. The molecule has 2 aromatic rings. The molecule has 0 radical (unpaired) electrons. The van der Waals surface area contributed by atoms with E-state index < -0.39 is 0 Å². The maximum absolute atomic E-state index is 12.4. The van der Waals surface area contributed by atoms with Gasteiger partial charge in [-0.25, -0.2) is 4.68 Å². The molecule has 1 fully saturated rings. The zero-order valence-electron chi connectivity index (χ0n) is 14.7. The van der Waals surface area contributed by atoms with E-state index >= 15 is 0 Å². The van der Waals surface area contributed by atoms with E-state index in [-0.39, 0.29) is 30.7 Å². The molecule has 0 aliphatic heterocycles. The summed E-state index contributed by atoms with van der Waals surface area (Å²) >= 11 is 5.95. The molecule has 1 aromatic heterocycles. The van der Waals surface area contributed by atoms with Gasteiger partial charge in [0.15, 0.2) is 0 Å². The summed E-state index contributed by atoms with van der Waals surface area (Å²) < 4.78 is 1.35. The first-order valence-corrected chi connectivity index (χ1v) is 9.29. The number of hydrogen-bond donors (Lipinski definition) is 1. The van der Waals surface area contributed by atoms with Crippen LogP contribution < -0.4 is 5.32 Å². The van der Waals surface area contributed by atoms with Crippen LogP contribution in [0.15, 0.2) is 24.4 Å². The molecular weight excluding hydrogens is 338 g/mol. The SMILES string of the molecule is C[C@H]1[C@H](C)CCC[C@@H]1NC(=O)CCC(=O)n1ncc2cc(Cl)ccc21. The van der Waals surface area contributed by atoms with Crippen molar-refractivity contribution in [3.05, 3.63) is 29.4 Å². The van der Waals surface area contributed by atoms with E-state index in [0.717, 1.165) is 18.2 Å². The molecule has 1 N–H and O–H groups in total. The Hall–Kier alpha value is -1.88. The highest BCUT2D eigenvalue weighted by Crippen LogP contribution is 2.29. The summed E-state index contributed by atoms with van der Waals surface area (Å²) in [6.45, 7) is 4.43. The van der Waals surface area contributed by atoms with Crippen molar-refractivity contribution in [1.29, 1.82) is 0 Å². The number of nitrogens with one attached hydrogen (secondary N) is 1. The summed E-state index contributed by atoms with van der Waals surface area (Å²) in [5, 5.41) is 8.66. The van der Waals surface area contributed by atoms with E-state index in [1.54, 1.807) is 24.4 Å². The van der Waals surface area contributed by atoms with E-state index in [9.17, 15) is 9.59 Å². The molecule has 1 heterocycles. The molecule has 25 heavy (non-hydrogen) atoms. The van der Waals surface area contributed by atoms with Gasteiger partial charge in [0.05, 0.1) is 11.7 Å². The minimum absolute atomic E-state index is 0.0567. The van der Waals surface area contributed by atoms with Crippen molar-refractivity contribution in [3.8, 4) is 0 Å². The first-order chi connectivity index (χ1) is 12.0. The lowest BCUT2D eigenvalue weighted by molar-refractivity contribution is -0.122. The number of hydrogen-bond acceptors (Lipinski definition) is 3. The molecule has 1 aromatic carbocycles. The Morgan fingerprint density at radius 1 is 1.28 bits per heavy atom. The van der Waals surface area contributed by atoms with Gasteiger partial charge in [-0.15, -0.1) is 0 Å².